The number of esters is 1. The molecule has 6 nitrogen and oxygen atoms in total. The van der Waals surface area contributed by atoms with E-state index in [9.17, 15) is 9.59 Å². The molecule has 1 unspecified atom stereocenters. The Hall–Kier alpha value is -2.37. The molecule has 0 saturated carbocycles. The summed E-state index contributed by atoms with van der Waals surface area (Å²) in [6.45, 7) is 8.47. The van der Waals surface area contributed by atoms with Crippen molar-refractivity contribution in [1.29, 1.82) is 0 Å². The van der Waals surface area contributed by atoms with Crippen LogP contribution in [-0.2, 0) is 14.3 Å². The van der Waals surface area contributed by atoms with E-state index in [0.29, 0.717) is 19.0 Å². The van der Waals surface area contributed by atoms with Gasteiger partial charge in [0.25, 0.3) is 0 Å². The lowest BCUT2D eigenvalue weighted by Crippen LogP contribution is -2.61. The average Bonchev–Trinajstić information content (AvgIpc) is 2.68. The van der Waals surface area contributed by atoms with E-state index in [4.69, 9.17) is 9.47 Å². The normalized spacial score (nSPS) is 20.0. The summed E-state index contributed by atoms with van der Waals surface area (Å²) in [5.74, 6) is 0.271. The molecule has 0 N–H and O–H groups in total. The highest BCUT2D eigenvalue weighted by Crippen LogP contribution is 2.43. The van der Waals surface area contributed by atoms with Crippen LogP contribution in [0, 0.1) is 5.41 Å². The number of likely N-dealkylation sites (tertiary alicyclic amines) is 1. The van der Waals surface area contributed by atoms with Crippen molar-refractivity contribution in [3.8, 4) is 5.88 Å². The molecule has 2 rings (SSSR count). The van der Waals surface area contributed by atoms with Gasteiger partial charge in [-0.25, -0.2) is 4.98 Å². The fourth-order valence-corrected chi connectivity index (χ4v) is 3.51. The molecule has 1 aliphatic rings. The van der Waals surface area contributed by atoms with E-state index in [0.717, 1.165) is 31.2 Å². The molecule has 1 fully saturated rings. The SMILES string of the molecule is C=CCCCCC1(C)CN([C@@H](CC(=O)OCC)c2ccc(OC)nc2)C1=O. The van der Waals surface area contributed by atoms with E-state index in [1.165, 1.54) is 0 Å². The molecule has 1 amide bonds. The lowest BCUT2D eigenvalue weighted by molar-refractivity contribution is -0.166. The minimum atomic E-state index is -0.365. The molecule has 0 spiro atoms. The Kier molecular flexibility index (Phi) is 7.39. The van der Waals surface area contributed by atoms with Crippen molar-refractivity contribution in [2.24, 2.45) is 5.41 Å². The smallest absolute Gasteiger partial charge is 0.308 e. The number of carbonyl (C=O) groups excluding carboxylic acids is 2. The molecule has 1 aromatic heterocycles. The van der Waals surface area contributed by atoms with E-state index < -0.39 is 0 Å². The summed E-state index contributed by atoms with van der Waals surface area (Å²) < 4.78 is 10.2. The Morgan fingerprint density at radius 1 is 1.44 bits per heavy atom. The average molecular weight is 374 g/mol. The van der Waals surface area contributed by atoms with Gasteiger partial charge in [-0.05, 0) is 38.7 Å². The van der Waals surface area contributed by atoms with E-state index in [2.05, 4.69) is 11.6 Å². The summed E-state index contributed by atoms with van der Waals surface area (Å²) in [6, 6.07) is 3.23. The van der Waals surface area contributed by atoms with Crippen molar-refractivity contribution in [2.75, 3.05) is 20.3 Å². The quantitative estimate of drug-likeness (QED) is 0.256. The van der Waals surface area contributed by atoms with Gasteiger partial charge >= 0.3 is 5.97 Å². The second-order valence-corrected chi connectivity index (χ2v) is 7.19. The van der Waals surface area contributed by atoms with Gasteiger partial charge in [0, 0.05) is 18.8 Å². The molecular weight excluding hydrogens is 344 g/mol. The number of allylic oxidation sites excluding steroid dienone is 1. The molecule has 0 aromatic carbocycles. The molecule has 1 saturated heterocycles. The fraction of sp³-hybridized carbons (Fsp3) is 0.571. The minimum Gasteiger partial charge on any atom is -0.481 e. The maximum absolute atomic E-state index is 12.9. The summed E-state index contributed by atoms with van der Waals surface area (Å²) in [4.78, 5) is 31.0. The van der Waals surface area contributed by atoms with Crippen molar-refractivity contribution in [3.63, 3.8) is 0 Å². The van der Waals surface area contributed by atoms with Crippen LogP contribution in [0.4, 0.5) is 0 Å². The van der Waals surface area contributed by atoms with Gasteiger partial charge in [0.15, 0.2) is 0 Å². The number of carbonyl (C=O) groups is 2. The van der Waals surface area contributed by atoms with Crippen molar-refractivity contribution in [1.82, 2.24) is 9.88 Å². The van der Waals surface area contributed by atoms with Crippen LogP contribution in [0.25, 0.3) is 0 Å². The predicted octanol–water partition coefficient (Wildman–Crippen LogP) is 3.68. The van der Waals surface area contributed by atoms with Crippen molar-refractivity contribution < 1.29 is 19.1 Å². The zero-order chi connectivity index (χ0) is 19.9. The molecular formula is C21H30N2O4. The van der Waals surface area contributed by atoms with Crippen LogP contribution in [0.15, 0.2) is 31.0 Å². The van der Waals surface area contributed by atoms with Crippen molar-refractivity contribution in [2.45, 2.75) is 52.0 Å². The Labute approximate surface area is 161 Å². The van der Waals surface area contributed by atoms with Crippen molar-refractivity contribution >= 4 is 11.9 Å². The fourth-order valence-electron chi connectivity index (χ4n) is 3.51. The number of amides is 1. The highest BCUT2D eigenvalue weighted by Gasteiger charge is 2.50. The molecule has 6 heteroatoms. The van der Waals surface area contributed by atoms with Crippen molar-refractivity contribution in [3.05, 3.63) is 36.5 Å². The molecule has 0 radical (unpaired) electrons. The van der Waals surface area contributed by atoms with Crippen LogP contribution < -0.4 is 4.74 Å². The number of hydrogen-bond acceptors (Lipinski definition) is 5. The number of β-lactam (4-membered cyclic amide) rings is 1. The van der Waals surface area contributed by atoms with Gasteiger partial charge in [-0.1, -0.05) is 18.6 Å². The lowest BCUT2D eigenvalue weighted by atomic mass is 9.74. The number of unbranched alkanes of at least 4 members (excludes halogenated alkanes) is 2. The van der Waals surface area contributed by atoms with Crippen LogP contribution in [0.3, 0.4) is 0 Å². The number of pyridine rings is 1. The summed E-state index contributed by atoms with van der Waals surface area (Å²) in [6.07, 6.45) is 7.55. The van der Waals surface area contributed by atoms with Gasteiger partial charge in [-0.2, -0.15) is 0 Å². The van der Waals surface area contributed by atoms with Gasteiger partial charge in [0.2, 0.25) is 11.8 Å². The highest BCUT2D eigenvalue weighted by atomic mass is 16.5. The third kappa shape index (κ3) is 5.08. The molecule has 2 atom stereocenters. The molecule has 2 heterocycles. The van der Waals surface area contributed by atoms with Crippen LogP contribution in [-0.4, -0.2) is 42.0 Å². The maximum atomic E-state index is 12.9. The largest absolute Gasteiger partial charge is 0.481 e. The molecule has 0 aliphatic carbocycles. The minimum absolute atomic E-state index is 0.0891. The molecule has 1 aliphatic heterocycles. The third-order valence-corrected chi connectivity index (χ3v) is 5.08. The summed E-state index contributed by atoms with van der Waals surface area (Å²) >= 11 is 0. The number of methoxy groups -OCH3 is 1. The number of hydrogen-bond donors (Lipinski definition) is 0. The van der Waals surface area contributed by atoms with E-state index in [1.807, 2.05) is 19.1 Å². The van der Waals surface area contributed by atoms with Gasteiger partial charge in [0.05, 0.1) is 31.6 Å². The first kappa shape index (κ1) is 20.9. The first-order valence-electron chi connectivity index (χ1n) is 9.52. The highest BCUT2D eigenvalue weighted by molar-refractivity contribution is 5.89. The van der Waals surface area contributed by atoms with E-state index >= 15 is 0 Å². The number of ether oxygens (including phenoxy) is 2. The Bertz CT molecular complexity index is 659. The number of rotatable bonds is 11. The molecule has 148 valence electrons. The Balaban J connectivity index is 2.10. The van der Waals surface area contributed by atoms with Crippen LogP contribution in [0.2, 0.25) is 0 Å². The van der Waals surface area contributed by atoms with Gasteiger partial charge in [0.1, 0.15) is 0 Å². The maximum Gasteiger partial charge on any atom is 0.308 e. The molecule has 0 bridgehead atoms. The van der Waals surface area contributed by atoms with Crippen LogP contribution >= 0.6 is 0 Å². The van der Waals surface area contributed by atoms with Crippen LogP contribution in [0.5, 0.6) is 5.88 Å². The summed E-state index contributed by atoms with van der Waals surface area (Å²) in [5, 5.41) is 0. The Morgan fingerprint density at radius 3 is 2.78 bits per heavy atom. The van der Waals surface area contributed by atoms with Gasteiger partial charge in [-0.3, -0.25) is 9.59 Å². The van der Waals surface area contributed by atoms with Gasteiger partial charge < -0.3 is 14.4 Å². The van der Waals surface area contributed by atoms with E-state index in [-0.39, 0.29) is 29.8 Å². The van der Waals surface area contributed by atoms with Crippen LogP contribution in [0.1, 0.15) is 57.6 Å². The zero-order valence-electron chi connectivity index (χ0n) is 16.6. The second-order valence-electron chi connectivity index (χ2n) is 7.19. The first-order chi connectivity index (χ1) is 12.9. The number of aromatic nitrogens is 1. The monoisotopic (exact) mass is 374 g/mol. The third-order valence-electron chi connectivity index (χ3n) is 5.08. The standard InChI is InChI=1S/C21H30N2O4/c1-5-7-8-9-12-21(3)15-23(20(21)25)17(13-19(24)27-6-2)16-10-11-18(26-4)22-14-16/h5,10-11,14,17H,1,6-9,12-13,15H2,2-4H3/t17-,21?/m0/s1. The lowest BCUT2D eigenvalue weighted by Gasteiger charge is -2.50. The second kappa shape index (κ2) is 9.53. The topological polar surface area (TPSA) is 68.7 Å². The van der Waals surface area contributed by atoms with E-state index in [1.54, 1.807) is 31.2 Å². The zero-order valence-corrected chi connectivity index (χ0v) is 16.6. The first-order valence-corrected chi connectivity index (χ1v) is 9.52. The summed E-state index contributed by atoms with van der Waals surface area (Å²) in [5.41, 5.74) is 0.458. The Morgan fingerprint density at radius 2 is 2.22 bits per heavy atom. The number of nitrogens with zero attached hydrogens (tertiary/aromatic N) is 2. The summed E-state index contributed by atoms with van der Waals surface area (Å²) in [7, 11) is 1.55. The molecule has 27 heavy (non-hydrogen) atoms. The van der Waals surface area contributed by atoms with Gasteiger partial charge in [-0.15, -0.1) is 6.58 Å². The molecule has 1 aromatic rings. The predicted molar refractivity (Wildman–Crippen MR) is 103 cm³/mol.